The van der Waals surface area contributed by atoms with Crippen LogP contribution in [0.4, 0.5) is 0 Å². The van der Waals surface area contributed by atoms with Gasteiger partial charge in [0.2, 0.25) is 10.0 Å². The van der Waals surface area contributed by atoms with E-state index in [-0.39, 0.29) is 6.54 Å². The largest absolute Gasteiger partial charge is 0.260 e. The topological polar surface area (TPSA) is 59.1 Å². The summed E-state index contributed by atoms with van der Waals surface area (Å²) in [4.78, 5) is 4.15. The van der Waals surface area contributed by atoms with Crippen molar-refractivity contribution in [2.75, 3.05) is 0 Å². The molecule has 0 radical (unpaired) electrons. The summed E-state index contributed by atoms with van der Waals surface area (Å²) in [6.45, 7) is 2.09. The highest BCUT2D eigenvalue weighted by Gasteiger charge is 2.06. The SMILES string of the molecule is Cc1cccnc1CNS(=O)(=O)C=Cc1ccccc1. The lowest BCUT2D eigenvalue weighted by atomic mass is 10.2. The number of nitrogens with zero attached hydrogens (tertiary/aromatic N) is 1. The normalized spacial score (nSPS) is 11.8. The molecule has 2 rings (SSSR count). The highest BCUT2D eigenvalue weighted by atomic mass is 32.2. The molecule has 0 amide bonds. The average Bonchev–Trinajstić information content (AvgIpc) is 2.46. The lowest BCUT2D eigenvalue weighted by molar-refractivity contribution is 0.589. The van der Waals surface area contributed by atoms with E-state index in [9.17, 15) is 8.42 Å². The van der Waals surface area contributed by atoms with Gasteiger partial charge in [-0.3, -0.25) is 4.98 Å². The summed E-state index contributed by atoms with van der Waals surface area (Å²) in [5.74, 6) is 0. The van der Waals surface area contributed by atoms with Crippen LogP contribution in [0, 0.1) is 6.92 Å². The Bertz CT molecular complexity index is 695. The van der Waals surface area contributed by atoms with E-state index < -0.39 is 10.0 Å². The fourth-order valence-corrected chi connectivity index (χ4v) is 2.42. The van der Waals surface area contributed by atoms with E-state index in [4.69, 9.17) is 0 Å². The van der Waals surface area contributed by atoms with Crippen LogP contribution in [-0.4, -0.2) is 13.4 Å². The van der Waals surface area contributed by atoms with E-state index in [2.05, 4.69) is 9.71 Å². The second-order valence-corrected chi connectivity index (χ2v) is 6.00. The van der Waals surface area contributed by atoms with Crippen molar-refractivity contribution >= 4 is 16.1 Å². The van der Waals surface area contributed by atoms with Gasteiger partial charge in [0.1, 0.15) is 0 Å². The van der Waals surface area contributed by atoms with E-state index in [0.717, 1.165) is 16.8 Å². The number of sulfonamides is 1. The van der Waals surface area contributed by atoms with Crippen LogP contribution < -0.4 is 4.72 Å². The average molecular weight is 288 g/mol. The first-order valence-corrected chi connectivity index (χ1v) is 7.75. The molecular formula is C15H16N2O2S. The second-order valence-electron chi connectivity index (χ2n) is 4.35. The molecule has 0 aliphatic carbocycles. The van der Waals surface area contributed by atoms with Crippen molar-refractivity contribution in [3.05, 3.63) is 70.9 Å². The van der Waals surface area contributed by atoms with Gasteiger partial charge in [-0.15, -0.1) is 0 Å². The van der Waals surface area contributed by atoms with Gasteiger partial charge in [0.05, 0.1) is 12.2 Å². The number of benzene rings is 1. The number of pyridine rings is 1. The molecular weight excluding hydrogens is 272 g/mol. The lowest BCUT2D eigenvalue weighted by Gasteiger charge is -2.05. The third kappa shape index (κ3) is 4.29. The molecule has 0 saturated heterocycles. The fraction of sp³-hybridized carbons (Fsp3) is 0.133. The van der Waals surface area contributed by atoms with Crippen molar-refractivity contribution in [3.8, 4) is 0 Å². The molecule has 0 fully saturated rings. The number of aryl methyl sites for hydroxylation is 1. The first-order valence-electron chi connectivity index (χ1n) is 6.20. The summed E-state index contributed by atoms with van der Waals surface area (Å²) in [7, 11) is -3.47. The van der Waals surface area contributed by atoms with Gasteiger partial charge in [-0.05, 0) is 30.2 Å². The van der Waals surface area contributed by atoms with E-state index in [1.165, 1.54) is 5.41 Å². The summed E-state index contributed by atoms with van der Waals surface area (Å²) >= 11 is 0. The molecule has 2 aromatic rings. The number of hydrogen-bond acceptors (Lipinski definition) is 3. The van der Waals surface area contributed by atoms with Crippen LogP contribution in [0.3, 0.4) is 0 Å². The van der Waals surface area contributed by atoms with Crippen LogP contribution in [-0.2, 0) is 16.6 Å². The third-order valence-corrected chi connectivity index (χ3v) is 3.84. The maximum atomic E-state index is 11.9. The van der Waals surface area contributed by atoms with Crippen LogP contribution in [0.1, 0.15) is 16.8 Å². The Morgan fingerprint density at radius 1 is 1.15 bits per heavy atom. The molecule has 0 bridgehead atoms. The molecule has 1 aromatic heterocycles. The Hall–Kier alpha value is -1.98. The Morgan fingerprint density at radius 3 is 2.60 bits per heavy atom. The first kappa shape index (κ1) is 14.4. The van der Waals surface area contributed by atoms with Crippen molar-refractivity contribution in [1.29, 1.82) is 0 Å². The molecule has 1 heterocycles. The van der Waals surface area contributed by atoms with Gasteiger partial charge in [-0.2, -0.15) is 0 Å². The van der Waals surface area contributed by atoms with Gasteiger partial charge < -0.3 is 0 Å². The maximum absolute atomic E-state index is 11.9. The Labute approximate surface area is 119 Å². The molecule has 0 saturated carbocycles. The van der Waals surface area contributed by atoms with Crippen LogP contribution in [0.25, 0.3) is 6.08 Å². The van der Waals surface area contributed by atoms with Crippen LogP contribution >= 0.6 is 0 Å². The number of nitrogens with one attached hydrogen (secondary N) is 1. The fourth-order valence-electron chi connectivity index (χ4n) is 1.65. The van der Waals surface area contributed by atoms with Crippen molar-refractivity contribution in [1.82, 2.24) is 9.71 Å². The molecule has 0 atom stereocenters. The number of rotatable bonds is 5. The number of aromatic nitrogens is 1. The summed E-state index contributed by atoms with van der Waals surface area (Å²) in [6, 6.07) is 13.0. The van der Waals surface area contributed by atoms with Crippen molar-refractivity contribution < 1.29 is 8.42 Å². The van der Waals surface area contributed by atoms with Crippen molar-refractivity contribution in [3.63, 3.8) is 0 Å². The van der Waals surface area contributed by atoms with Gasteiger partial charge >= 0.3 is 0 Å². The van der Waals surface area contributed by atoms with Crippen LogP contribution in [0.2, 0.25) is 0 Å². The Morgan fingerprint density at radius 2 is 1.90 bits per heavy atom. The number of hydrogen-bond donors (Lipinski definition) is 1. The zero-order valence-corrected chi connectivity index (χ0v) is 12.0. The van der Waals surface area contributed by atoms with E-state index in [1.807, 2.05) is 49.4 Å². The highest BCUT2D eigenvalue weighted by Crippen LogP contribution is 2.05. The van der Waals surface area contributed by atoms with Crippen molar-refractivity contribution in [2.24, 2.45) is 0 Å². The van der Waals surface area contributed by atoms with Gasteiger partial charge in [-0.25, -0.2) is 13.1 Å². The Kier molecular flexibility index (Phi) is 4.65. The summed E-state index contributed by atoms with van der Waals surface area (Å²) in [5.41, 5.74) is 2.53. The lowest BCUT2D eigenvalue weighted by Crippen LogP contribution is -2.21. The third-order valence-electron chi connectivity index (χ3n) is 2.80. The van der Waals surface area contributed by atoms with E-state index in [1.54, 1.807) is 12.3 Å². The summed E-state index contributed by atoms with van der Waals surface area (Å²) < 4.78 is 26.2. The van der Waals surface area contributed by atoms with Crippen LogP contribution in [0.15, 0.2) is 54.1 Å². The quantitative estimate of drug-likeness (QED) is 0.919. The van der Waals surface area contributed by atoms with Gasteiger partial charge in [0, 0.05) is 11.6 Å². The van der Waals surface area contributed by atoms with Crippen molar-refractivity contribution in [2.45, 2.75) is 13.5 Å². The smallest absolute Gasteiger partial charge is 0.234 e. The first-order chi connectivity index (χ1) is 9.57. The predicted octanol–water partition coefficient (Wildman–Crippen LogP) is 2.48. The van der Waals surface area contributed by atoms with E-state index >= 15 is 0 Å². The molecule has 1 aromatic carbocycles. The molecule has 0 spiro atoms. The molecule has 0 aliphatic rings. The maximum Gasteiger partial charge on any atom is 0.234 e. The van der Waals surface area contributed by atoms with Gasteiger partial charge in [0.15, 0.2) is 0 Å². The molecule has 4 nitrogen and oxygen atoms in total. The predicted molar refractivity (Wildman–Crippen MR) is 80.2 cm³/mol. The zero-order valence-electron chi connectivity index (χ0n) is 11.2. The van der Waals surface area contributed by atoms with Gasteiger partial charge in [0.25, 0.3) is 0 Å². The second kappa shape index (κ2) is 6.45. The molecule has 104 valence electrons. The molecule has 1 N–H and O–H groups in total. The highest BCUT2D eigenvalue weighted by molar-refractivity contribution is 7.92. The summed E-state index contributed by atoms with van der Waals surface area (Å²) in [5, 5.41) is 1.17. The minimum Gasteiger partial charge on any atom is -0.260 e. The molecule has 5 heteroatoms. The Balaban J connectivity index is 2.02. The minimum atomic E-state index is -3.47. The minimum absolute atomic E-state index is 0.189. The molecule has 20 heavy (non-hydrogen) atoms. The standard InChI is InChI=1S/C15H16N2O2S/c1-13-6-5-10-16-15(13)12-17-20(18,19)11-9-14-7-3-2-4-8-14/h2-11,17H,12H2,1H3. The molecule has 0 unspecified atom stereocenters. The summed E-state index contributed by atoms with van der Waals surface area (Å²) in [6.07, 6.45) is 3.21. The zero-order chi connectivity index (χ0) is 14.4. The van der Waals surface area contributed by atoms with E-state index in [0.29, 0.717) is 0 Å². The molecule has 0 aliphatic heterocycles. The van der Waals surface area contributed by atoms with Crippen LogP contribution in [0.5, 0.6) is 0 Å². The van der Waals surface area contributed by atoms with Gasteiger partial charge in [-0.1, -0.05) is 36.4 Å². The monoisotopic (exact) mass is 288 g/mol.